The van der Waals surface area contributed by atoms with Gasteiger partial charge in [-0.2, -0.15) is 13.2 Å². The third-order valence-electron chi connectivity index (χ3n) is 9.14. The fourth-order valence-corrected chi connectivity index (χ4v) is 7.76. The minimum atomic E-state index is -4.78. The number of amides is 1. The maximum absolute atomic E-state index is 13.1. The SMILES string of the molecule is C[C@]12CCN(C(=O)C(F)(F)F)C1CC[C@@H]1[C@@H]2CC[C@]2(C)C(c3cccnc3)=CC[C@@H]12. The Balaban J connectivity index is 1.41. The van der Waals surface area contributed by atoms with Gasteiger partial charge in [-0.25, -0.2) is 0 Å². The van der Waals surface area contributed by atoms with Crippen LogP contribution < -0.4 is 0 Å². The van der Waals surface area contributed by atoms with Crippen LogP contribution in [-0.2, 0) is 4.79 Å². The first-order chi connectivity index (χ1) is 14.2. The number of halogens is 3. The van der Waals surface area contributed by atoms with Gasteiger partial charge in [0.15, 0.2) is 0 Å². The molecule has 3 aliphatic carbocycles. The summed E-state index contributed by atoms with van der Waals surface area (Å²) in [4.78, 5) is 17.5. The maximum Gasteiger partial charge on any atom is 0.471 e. The molecule has 2 heterocycles. The first-order valence-electron chi connectivity index (χ1n) is 11.1. The average molecular weight is 419 g/mol. The average Bonchev–Trinajstić information content (AvgIpc) is 3.24. The van der Waals surface area contributed by atoms with E-state index < -0.39 is 12.1 Å². The van der Waals surface area contributed by atoms with Crippen molar-refractivity contribution in [3.05, 3.63) is 36.2 Å². The highest BCUT2D eigenvalue weighted by molar-refractivity contribution is 5.82. The highest BCUT2D eigenvalue weighted by Gasteiger charge is 2.62. The number of alkyl halides is 3. The Kier molecular flexibility index (Phi) is 4.40. The van der Waals surface area contributed by atoms with Gasteiger partial charge in [0.25, 0.3) is 0 Å². The molecule has 162 valence electrons. The van der Waals surface area contributed by atoms with Gasteiger partial charge >= 0.3 is 12.1 Å². The summed E-state index contributed by atoms with van der Waals surface area (Å²) in [5.41, 5.74) is 2.49. The quantitative estimate of drug-likeness (QED) is 0.605. The van der Waals surface area contributed by atoms with E-state index in [2.05, 4.69) is 31.0 Å². The Hall–Kier alpha value is -1.85. The third kappa shape index (κ3) is 2.71. The van der Waals surface area contributed by atoms with Crippen LogP contribution in [0.3, 0.4) is 0 Å². The molecule has 1 aromatic rings. The van der Waals surface area contributed by atoms with Crippen molar-refractivity contribution in [2.24, 2.45) is 28.6 Å². The Bertz CT molecular complexity index is 882. The number of nitrogens with zero attached hydrogens (tertiary/aromatic N) is 2. The summed E-state index contributed by atoms with van der Waals surface area (Å²) in [5.74, 6) is -0.216. The third-order valence-corrected chi connectivity index (χ3v) is 9.14. The van der Waals surface area contributed by atoms with Crippen molar-refractivity contribution in [2.45, 2.75) is 64.6 Å². The van der Waals surface area contributed by atoms with Gasteiger partial charge in [-0.3, -0.25) is 9.78 Å². The number of allylic oxidation sites excluding steroid dienone is 2. The number of fused-ring (bicyclic) bond motifs is 5. The molecule has 1 aromatic heterocycles. The van der Waals surface area contributed by atoms with E-state index in [4.69, 9.17) is 0 Å². The summed E-state index contributed by atoms with van der Waals surface area (Å²) in [7, 11) is 0. The van der Waals surface area contributed by atoms with E-state index in [1.807, 2.05) is 12.3 Å². The molecule has 4 aliphatic rings. The number of rotatable bonds is 1. The lowest BCUT2D eigenvalue weighted by Gasteiger charge is -2.57. The van der Waals surface area contributed by atoms with Gasteiger partial charge in [-0.15, -0.1) is 0 Å². The second-order valence-corrected chi connectivity index (χ2v) is 10.3. The van der Waals surface area contributed by atoms with Crippen molar-refractivity contribution in [2.75, 3.05) is 6.54 Å². The van der Waals surface area contributed by atoms with Crippen LogP contribution in [0.2, 0.25) is 0 Å². The van der Waals surface area contributed by atoms with Crippen LogP contribution >= 0.6 is 0 Å². The predicted molar refractivity (Wildman–Crippen MR) is 108 cm³/mol. The Morgan fingerprint density at radius 2 is 1.97 bits per heavy atom. The topological polar surface area (TPSA) is 33.2 Å². The number of hydrogen-bond donors (Lipinski definition) is 0. The molecule has 0 spiro atoms. The van der Waals surface area contributed by atoms with Crippen LogP contribution in [0.5, 0.6) is 0 Å². The normalized spacial score (nSPS) is 40.4. The zero-order valence-electron chi connectivity index (χ0n) is 17.6. The number of carbonyl (C=O) groups excluding carboxylic acids is 1. The number of likely N-dealkylation sites (tertiary alicyclic amines) is 1. The molecule has 6 heteroatoms. The molecule has 0 radical (unpaired) electrons. The van der Waals surface area contributed by atoms with E-state index in [0.29, 0.717) is 30.6 Å². The molecule has 2 saturated carbocycles. The second-order valence-electron chi connectivity index (χ2n) is 10.3. The summed E-state index contributed by atoms with van der Waals surface area (Å²) in [6.45, 7) is 4.78. The number of carbonyl (C=O) groups is 1. The number of hydrogen-bond acceptors (Lipinski definition) is 2. The lowest BCUT2D eigenvalue weighted by atomic mass is 9.48. The minimum absolute atomic E-state index is 0.105. The molecular weight excluding hydrogens is 389 g/mol. The molecule has 0 bridgehead atoms. The van der Waals surface area contributed by atoms with Crippen molar-refractivity contribution in [3.63, 3.8) is 0 Å². The van der Waals surface area contributed by atoms with Gasteiger partial charge in [0.2, 0.25) is 0 Å². The Morgan fingerprint density at radius 1 is 1.17 bits per heavy atom. The van der Waals surface area contributed by atoms with Gasteiger partial charge in [0.05, 0.1) is 0 Å². The zero-order chi connectivity index (χ0) is 21.3. The van der Waals surface area contributed by atoms with Gasteiger partial charge in [-0.1, -0.05) is 26.0 Å². The fraction of sp³-hybridized carbons (Fsp3) is 0.667. The van der Waals surface area contributed by atoms with E-state index in [1.54, 1.807) is 6.20 Å². The monoisotopic (exact) mass is 418 g/mol. The van der Waals surface area contributed by atoms with Crippen molar-refractivity contribution < 1.29 is 18.0 Å². The minimum Gasteiger partial charge on any atom is -0.331 e. The molecule has 0 N–H and O–H groups in total. The van der Waals surface area contributed by atoms with Crippen LogP contribution in [-0.4, -0.2) is 34.6 Å². The molecular formula is C24H29F3N2O. The Morgan fingerprint density at radius 3 is 2.67 bits per heavy atom. The Labute approximate surface area is 175 Å². The van der Waals surface area contributed by atoms with Gasteiger partial charge < -0.3 is 4.90 Å². The molecule has 1 saturated heterocycles. The molecule has 5 rings (SSSR count). The fourth-order valence-electron chi connectivity index (χ4n) is 7.76. The summed E-state index contributed by atoms with van der Waals surface area (Å²) in [5, 5.41) is 0. The van der Waals surface area contributed by atoms with Crippen LogP contribution in [0.15, 0.2) is 30.6 Å². The molecule has 30 heavy (non-hydrogen) atoms. The van der Waals surface area contributed by atoms with Crippen molar-refractivity contribution in [1.82, 2.24) is 9.88 Å². The molecule has 3 fully saturated rings. The molecule has 1 amide bonds. The first-order valence-corrected chi connectivity index (χ1v) is 11.1. The van der Waals surface area contributed by atoms with Crippen LogP contribution in [0.4, 0.5) is 13.2 Å². The summed E-state index contributed by atoms with van der Waals surface area (Å²) < 4.78 is 39.4. The second kappa shape index (κ2) is 6.57. The molecule has 1 unspecified atom stereocenters. The van der Waals surface area contributed by atoms with Crippen LogP contribution in [0.1, 0.15) is 57.9 Å². The molecule has 3 nitrogen and oxygen atoms in total. The van der Waals surface area contributed by atoms with Crippen molar-refractivity contribution in [1.29, 1.82) is 0 Å². The molecule has 1 aliphatic heterocycles. The highest BCUT2D eigenvalue weighted by atomic mass is 19.4. The smallest absolute Gasteiger partial charge is 0.331 e. The van der Waals surface area contributed by atoms with E-state index in [9.17, 15) is 18.0 Å². The number of pyridine rings is 1. The first kappa shape index (κ1) is 20.1. The molecule has 0 aromatic carbocycles. The lowest BCUT2D eigenvalue weighted by Crippen LogP contribution is -2.56. The summed E-state index contributed by atoms with van der Waals surface area (Å²) in [6, 6.07) is 3.84. The highest BCUT2D eigenvalue weighted by Crippen LogP contribution is 2.66. The van der Waals surface area contributed by atoms with Crippen LogP contribution in [0, 0.1) is 28.6 Å². The van der Waals surface area contributed by atoms with E-state index >= 15 is 0 Å². The van der Waals surface area contributed by atoms with Gasteiger partial charge in [-0.05, 0) is 84.3 Å². The van der Waals surface area contributed by atoms with Crippen molar-refractivity contribution >= 4 is 11.5 Å². The lowest BCUT2D eigenvalue weighted by molar-refractivity contribution is -0.189. The largest absolute Gasteiger partial charge is 0.471 e. The van der Waals surface area contributed by atoms with E-state index in [1.165, 1.54) is 11.1 Å². The van der Waals surface area contributed by atoms with Crippen LogP contribution in [0.25, 0.3) is 5.57 Å². The van der Waals surface area contributed by atoms with E-state index in [0.717, 1.165) is 30.6 Å². The van der Waals surface area contributed by atoms with E-state index in [-0.39, 0.29) is 23.4 Å². The summed E-state index contributed by atoms with van der Waals surface area (Å²) in [6.07, 6.45) is 6.75. The predicted octanol–water partition coefficient (Wildman–Crippen LogP) is 5.48. The maximum atomic E-state index is 13.1. The van der Waals surface area contributed by atoms with Crippen molar-refractivity contribution in [3.8, 4) is 0 Å². The number of aromatic nitrogens is 1. The summed E-state index contributed by atoms with van der Waals surface area (Å²) >= 11 is 0. The zero-order valence-corrected chi connectivity index (χ0v) is 17.6. The standard InChI is InChI=1S/C24H29F3N2O/c1-22-10-9-19-16(18(22)7-6-17(22)15-4-3-12-28-14-15)5-8-20-23(19,2)11-13-29(20)21(30)24(25,26)27/h3-4,6,12,14,16,18-20H,5,7-11,13H2,1-2H3/t16-,18-,19-,20?,22+,23+/m0/s1. The van der Waals surface area contributed by atoms with Gasteiger partial charge in [0, 0.05) is 25.0 Å². The molecule has 6 atom stereocenters. The van der Waals surface area contributed by atoms with Gasteiger partial charge in [0.1, 0.15) is 0 Å².